The molecule has 0 heterocycles. The van der Waals surface area contributed by atoms with Gasteiger partial charge in [-0.25, -0.2) is 10.2 Å². The summed E-state index contributed by atoms with van der Waals surface area (Å²) < 4.78 is 10.7. The van der Waals surface area contributed by atoms with Gasteiger partial charge in [0.1, 0.15) is 11.5 Å². The molecule has 2 rings (SSSR count). The SMILES string of the molecule is Cc1ccc(C(C)C)c(OCC(=O)N/N=C/c2ccc(OCC(=O)O)cc2)c1. The van der Waals surface area contributed by atoms with Crippen LogP contribution in [0.15, 0.2) is 47.6 Å². The fourth-order valence-electron chi connectivity index (χ4n) is 2.39. The molecule has 2 aromatic carbocycles. The van der Waals surface area contributed by atoms with E-state index in [1.54, 1.807) is 24.3 Å². The second-order valence-electron chi connectivity index (χ2n) is 6.53. The van der Waals surface area contributed by atoms with Crippen LogP contribution in [0.4, 0.5) is 0 Å². The quantitative estimate of drug-likeness (QED) is 0.511. The Bertz CT molecular complexity index is 844. The number of aryl methyl sites for hydroxylation is 1. The van der Waals surface area contributed by atoms with Gasteiger partial charge in [-0.3, -0.25) is 4.79 Å². The lowest BCUT2D eigenvalue weighted by molar-refractivity contribution is -0.139. The number of nitrogens with zero attached hydrogens (tertiary/aromatic N) is 1. The summed E-state index contributed by atoms with van der Waals surface area (Å²) in [7, 11) is 0. The van der Waals surface area contributed by atoms with Gasteiger partial charge in [0, 0.05) is 0 Å². The van der Waals surface area contributed by atoms with Crippen LogP contribution in [-0.2, 0) is 9.59 Å². The first-order valence-electron chi connectivity index (χ1n) is 8.85. The van der Waals surface area contributed by atoms with Crippen molar-refractivity contribution in [2.75, 3.05) is 13.2 Å². The molecule has 7 nitrogen and oxygen atoms in total. The molecule has 0 saturated heterocycles. The van der Waals surface area contributed by atoms with Crippen LogP contribution in [0.25, 0.3) is 0 Å². The summed E-state index contributed by atoms with van der Waals surface area (Å²) in [6.45, 7) is 5.57. The molecule has 0 spiro atoms. The molecule has 0 unspecified atom stereocenters. The van der Waals surface area contributed by atoms with Crippen molar-refractivity contribution >= 4 is 18.1 Å². The number of benzene rings is 2. The maximum Gasteiger partial charge on any atom is 0.341 e. The molecule has 0 saturated carbocycles. The minimum absolute atomic E-state index is 0.136. The lowest BCUT2D eigenvalue weighted by Gasteiger charge is -2.14. The summed E-state index contributed by atoms with van der Waals surface area (Å²) in [5, 5.41) is 12.5. The molecule has 28 heavy (non-hydrogen) atoms. The zero-order valence-electron chi connectivity index (χ0n) is 16.1. The van der Waals surface area contributed by atoms with Gasteiger partial charge < -0.3 is 14.6 Å². The van der Waals surface area contributed by atoms with Gasteiger partial charge in [-0.05, 0) is 59.9 Å². The van der Waals surface area contributed by atoms with Crippen LogP contribution in [0.5, 0.6) is 11.5 Å². The summed E-state index contributed by atoms with van der Waals surface area (Å²) in [6.07, 6.45) is 1.48. The number of carboxylic acid groups (broad SMARTS) is 1. The van der Waals surface area contributed by atoms with Gasteiger partial charge >= 0.3 is 5.97 Å². The number of carbonyl (C=O) groups excluding carboxylic acids is 1. The van der Waals surface area contributed by atoms with Crippen LogP contribution in [0.1, 0.15) is 36.5 Å². The normalized spacial score (nSPS) is 10.9. The number of hydrogen-bond donors (Lipinski definition) is 2. The predicted octanol–water partition coefficient (Wildman–Crippen LogP) is 3.11. The van der Waals surface area contributed by atoms with E-state index >= 15 is 0 Å². The number of aliphatic carboxylic acids is 1. The highest BCUT2D eigenvalue weighted by molar-refractivity contribution is 5.83. The molecule has 0 atom stereocenters. The average molecular weight is 384 g/mol. The van der Waals surface area contributed by atoms with Gasteiger partial charge in [0.25, 0.3) is 5.91 Å². The van der Waals surface area contributed by atoms with E-state index in [9.17, 15) is 9.59 Å². The second-order valence-corrected chi connectivity index (χ2v) is 6.53. The van der Waals surface area contributed by atoms with E-state index in [2.05, 4.69) is 24.4 Å². The van der Waals surface area contributed by atoms with E-state index in [0.717, 1.165) is 16.7 Å². The van der Waals surface area contributed by atoms with Crippen molar-refractivity contribution in [3.8, 4) is 11.5 Å². The lowest BCUT2D eigenvalue weighted by atomic mass is 10.0. The first kappa shape index (κ1) is 21.0. The van der Waals surface area contributed by atoms with Gasteiger partial charge in [0.15, 0.2) is 13.2 Å². The highest BCUT2D eigenvalue weighted by Crippen LogP contribution is 2.27. The fourth-order valence-corrected chi connectivity index (χ4v) is 2.39. The van der Waals surface area contributed by atoms with Crippen LogP contribution >= 0.6 is 0 Å². The third kappa shape index (κ3) is 6.75. The van der Waals surface area contributed by atoms with Crippen LogP contribution < -0.4 is 14.9 Å². The molecular weight excluding hydrogens is 360 g/mol. The van der Waals surface area contributed by atoms with Crippen molar-refractivity contribution in [2.24, 2.45) is 5.10 Å². The zero-order chi connectivity index (χ0) is 20.5. The van der Waals surface area contributed by atoms with Crippen LogP contribution in [-0.4, -0.2) is 36.4 Å². The van der Waals surface area contributed by atoms with E-state index in [4.69, 9.17) is 14.6 Å². The van der Waals surface area contributed by atoms with Crippen LogP contribution in [0.3, 0.4) is 0 Å². The predicted molar refractivity (Wildman–Crippen MR) is 106 cm³/mol. The molecule has 0 aromatic heterocycles. The number of carboxylic acids is 1. The summed E-state index contributed by atoms with van der Waals surface area (Å²) >= 11 is 0. The molecular formula is C21H24N2O5. The maximum atomic E-state index is 12.0. The van der Waals surface area contributed by atoms with E-state index in [-0.39, 0.29) is 12.5 Å². The molecule has 2 N–H and O–H groups in total. The number of hydrazone groups is 1. The molecule has 148 valence electrons. The summed E-state index contributed by atoms with van der Waals surface area (Å²) in [4.78, 5) is 22.4. The molecule has 1 amide bonds. The fraction of sp³-hybridized carbons (Fsp3) is 0.286. The van der Waals surface area contributed by atoms with Gasteiger partial charge in [-0.1, -0.05) is 26.0 Å². The largest absolute Gasteiger partial charge is 0.483 e. The van der Waals surface area contributed by atoms with Gasteiger partial charge in [-0.2, -0.15) is 5.10 Å². The minimum Gasteiger partial charge on any atom is -0.483 e. The van der Waals surface area contributed by atoms with E-state index in [0.29, 0.717) is 17.4 Å². The Morgan fingerprint density at radius 2 is 1.82 bits per heavy atom. The topological polar surface area (TPSA) is 97.2 Å². The first-order valence-corrected chi connectivity index (χ1v) is 8.85. The summed E-state index contributed by atoms with van der Waals surface area (Å²) in [6, 6.07) is 12.6. The summed E-state index contributed by atoms with van der Waals surface area (Å²) in [5.74, 6) is 0.0249. The number of ether oxygens (including phenoxy) is 2. The zero-order valence-corrected chi connectivity index (χ0v) is 16.1. The molecule has 0 radical (unpaired) electrons. The lowest BCUT2D eigenvalue weighted by Crippen LogP contribution is -2.25. The Morgan fingerprint density at radius 3 is 2.46 bits per heavy atom. The Hall–Kier alpha value is -3.35. The first-order chi connectivity index (χ1) is 13.3. The Morgan fingerprint density at radius 1 is 1.11 bits per heavy atom. The van der Waals surface area contributed by atoms with Crippen molar-refractivity contribution < 1.29 is 24.2 Å². The maximum absolute atomic E-state index is 12.0. The molecule has 0 aliphatic carbocycles. The highest BCUT2D eigenvalue weighted by Gasteiger charge is 2.10. The standard InChI is InChI=1S/C21H24N2O5/c1-14(2)18-9-4-15(3)10-19(18)28-12-20(24)23-22-11-16-5-7-17(8-6-16)27-13-21(25)26/h4-11,14H,12-13H2,1-3H3,(H,23,24)(H,25,26)/b22-11+. The third-order valence-electron chi connectivity index (χ3n) is 3.80. The van der Waals surface area contributed by atoms with Gasteiger partial charge in [0.2, 0.25) is 0 Å². The highest BCUT2D eigenvalue weighted by atomic mass is 16.5. The van der Waals surface area contributed by atoms with Gasteiger partial charge in [-0.15, -0.1) is 0 Å². The van der Waals surface area contributed by atoms with Crippen molar-refractivity contribution in [2.45, 2.75) is 26.7 Å². The van der Waals surface area contributed by atoms with Crippen molar-refractivity contribution in [1.29, 1.82) is 0 Å². The Kier molecular flexibility index (Phi) is 7.56. The van der Waals surface area contributed by atoms with Gasteiger partial charge in [0.05, 0.1) is 6.21 Å². The smallest absolute Gasteiger partial charge is 0.341 e. The number of carbonyl (C=O) groups is 2. The number of nitrogens with one attached hydrogen (secondary N) is 1. The van der Waals surface area contributed by atoms with E-state index in [1.807, 2.05) is 25.1 Å². The molecule has 0 bridgehead atoms. The third-order valence-corrected chi connectivity index (χ3v) is 3.80. The van der Waals surface area contributed by atoms with Crippen molar-refractivity contribution in [3.05, 3.63) is 59.2 Å². The Labute approximate surface area is 164 Å². The number of hydrogen-bond acceptors (Lipinski definition) is 5. The average Bonchev–Trinajstić information content (AvgIpc) is 2.65. The second kappa shape index (κ2) is 10.1. The Balaban J connectivity index is 1.84. The number of rotatable bonds is 9. The van der Waals surface area contributed by atoms with Crippen LogP contribution in [0.2, 0.25) is 0 Å². The molecule has 0 aliphatic rings. The number of amides is 1. The van der Waals surface area contributed by atoms with Crippen molar-refractivity contribution in [1.82, 2.24) is 5.43 Å². The molecule has 7 heteroatoms. The summed E-state index contributed by atoms with van der Waals surface area (Å²) in [5.41, 5.74) is 5.25. The molecule has 0 aliphatic heterocycles. The van der Waals surface area contributed by atoms with E-state index in [1.165, 1.54) is 6.21 Å². The molecule has 0 fully saturated rings. The molecule has 2 aromatic rings. The van der Waals surface area contributed by atoms with Crippen molar-refractivity contribution in [3.63, 3.8) is 0 Å². The monoisotopic (exact) mass is 384 g/mol. The van der Waals surface area contributed by atoms with E-state index < -0.39 is 12.6 Å². The minimum atomic E-state index is -1.04. The van der Waals surface area contributed by atoms with Crippen LogP contribution in [0, 0.1) is 6.92 Å².